The number of benzene rings is 2. The number of rotatable bonds is 6. The van der Waals surface area contributed by atoms with Crippen LogP contribution >= 0.6 is 0 Å². The summed E-state index contributed by atoms with van der Waals surface area (Å²) in [4.78, 5) is 9.08. The Hall–Kier alpha value is -3.33. The zero-order valence-electron chi connectivity index (χ0n) is 17.0. The summed E-state index contributed by atoms with van der Waals surface area (Å²) in [6.07, 6.45) is 4.57. The topological polar surface area (TPSA) is 108 Å². The minimum Gasteiger partial charge on any atom is -0.381 e. The molecule has 2 aromatic heterocycles. The monoisotopic (exact) mass is 416 g/mol. The molecule has 158 valence electrons. The molecule has 0 aliphatic carbocycles. The van der Waals surface area contributed by atoms with E-state index in [1.165, 1.54) is 0 Å². The summed E-state index contributed by atoms with van der Waals surface area (Å²) in [5.41, 5.74) is 3.54. The molecule has 1 unspecified atom stereocenters. The predicted molar refractivity (Wildman–Crippen MR) is 119 cm³/mol. The molecule has 4 aromatic rings. The van der Waals surface area contributed by atoms with Crippen LogP contribution < -0.4 is 10.6 Å². The molecular weight excluding hydrogens is 392 g/mol. The first kappa shape index (κ1) is 19.6. The van der Waals surface area contributed by atoms with Crippen molar-refractivity contribution < 1.29 is 9.84 Å². The summed E-state index contributed by atoms with van der Waals surface area (Å²) in [5.74, 6) is 1.29. The maximum atomic E-state index is 10.6. The molecule has 2 aromatic carbocycles. The van der Waals surface area contributed by atoms with Crippen LogP contribution in [0.2, 0.25) is 0 Å². The van der Waals surface area contributed by atoms with Gasteiger partial charge < -0.3 is 15.2 Å². The SMILES string of the molecule is OC(NC1CCOCC1)c1cccc(-c2nccc(Nc3ccc4[nH]ncc4c3)n2)c1. The molecule has 3 heterocycles. The number of anilines is 2. The minimum atomic E-state index is -0.744. The van der Waals surface area contributed by atoms with Crippen LogP contribution in [0.15, 0.2) is 60.9 Å². The normalized spacial score (nSPS) is 15.8. The van der Waals surface area contributed by atoms with Crippen LogP contribution in [-0.4, -0.2) is 44.5 Å². The van der Waals surface area contributed by atoms with Crippen LogP contribution in [0, 0.1) is 0 Å². The molecule has 1 atom stereocenters. The van der Waals surface area contributed by atoms with Gasteiger partial charge in [-0.1, -0.05) is 18.2 Å². The van der Waals surface area contributed by atoms with Crippen LogP contribution in [0.25, 0.3) is 22.3 Å². The van der Waals surface area contributed by atoms with Gasteiger partial charge in [-0.05, 0) is 48.7 Å². The second-order valence-corrected chi connectivity index (χ2v) is 7.64. The number of aliphatic hydroxyl groups excluding tert-OH is 1. The Kier molecular flexibility index (Phi) is 5.57. The van der Waals surface area contributed by atoms with Gasteiger partial charge in [0.25, 0.3) is 0 Å². The second-order valence-electron chi connectivity index (χ2n) is 7.64. The Bertz CT molecular complexity index is 1170. The number of hydrogen-bond donors (Lipinski definition) is 4. The first-order valence-corrected chi connectivity index (χ1v) is 10.4. The van der Waals surface area contributed by atoms with Gasteiger partial charge in [0.05, 0.1) is 11.7 Å². The van der Waals surface area contributed by atoms with Gasteiger partial charge in [0, 0.05) is 42.1 Å². The molecule has 1 aliphatic heterocycles. The van der Waals surface area contributed by atoms with Gasteiger partial charge in [-0.3, -0.25) is 10.4 Å². The van der Waals surface area contributed by atoms with Crippen molar-refractivity contribution in [2.75, 3.05) is 18.5 Å². The zero-order chi connectivity index (χ0) is 21.0. The number of aliphatic hydroxyl groups is 1. The summed E-state index contributed by atoms with van der Waals surface area (Å²) in [7, 11) is 0. The maximum Gasteiger partial charge on any atom is 0.161 e. The number of aromatic amines is 1. The van der Waals surface area contributed by atoms with Crippen molar-refractivity contribution in [2.24, 2.45) is 0 Å². The van der Waals surface area contributed by atoms with E-state index in [1.807, 2.05) is 48.5 Å². The van der Waals surface area contributed by atoms with Crippen LogP contribution in [0.3, 0.4) is 0 Å². The average Bonchev–Trinajstić information content (AvgIpc) is 3.28. The summed E-state index contributed by atoms with van der Waals surface area (Å²) >= 11 is 0. The molecule has 0 amide bonds. The average molecular weight is 416 g/mol. The molecule has 31 heavy (non-hydrogen) atoms. The third kappa shape index (κ3) is 4.56. The number of fused-ring (bicyclic) bond motifs is 1. The molecule has 0 saturated carbocycles. The number of H-pyrrole nitrogens is 1. The van der Waals surface area contributed by atoms with Crippen LogP contribution in [0.4, 0.5) is 11.5 Å². The number of nitrogens with one attached hydrogen (secondary N) is 3. The summed E-state index contributed by atoms with van der Waals surface area (Å²) < 4.78 is 5.39. The lowest BCUT2D eigenvalue weighted by Crippen LogP contribution is -2.37. The Balaban J connectivity index is 1.33. The van der Waals surface area contributed by atoms with Gasteiger partial charge >= 0.3 is 0 Å². The first-order valence-electron chi connectivity index (χ1n) is 10.4. The Morgan fingerprint density at radius 1 is 1.10 bits per heavy atom. The van der Waals surface area contributed by atoms with E-state index < -0.39 is 6.23 Å². The highest BCUT2D eigenvalue weighted by molar-refractivity contribution is 5.82. The fourth-order valence-corrected chi connectivity index (χ4v) is 3.77. The highest BCUT2D eigenvalue weighted by atomic mass is 16.5. The quantitative estimate of drug-likeness (QED) is 0.356. The Labute approximate surface area is 179 Å². The fourth-order valence-electron chi connectivity index (χ4n) is 3.77. The van der Waals surface area contributed by atoms with Crippen molar-refractivity contribution in [1.82, 2.24) is 25.5 Å². The van der Waals surface area contributed by atoms with E-state index in [0.29, 0.717) is 11.6 Å². The van der Waals surface area contributed by atoms with Gasteiger partial charge in [-0.25, -0.2) is 9.97 Å². The molecule has 1 aliphatic rings. The number of hydrogen-bond acceptors (Lipinski definition) is 7. The minimum absolute atomic E-state index is 0.253. The van der Waals surface area contributed by atoms with Crippen LogP contribution in [0.5, 0.6) is 0 Å². The maximum absolute atomic E-state index is 10.6. The van der Waals surface area contributed by atoms with E-state index in [1.54, 1.807) is 12.4 Å². The number of aromatic nitrogens is 4. The molecule has 8 nitrogen and oxygen atoms in total. The van der Waals surface area contributed by atoms with Crippen molar-refractivity contribution >= 4 is 22.4 Å². The lowest BCUT2D eigenvalue weighted by Gasteiger charge is -2.26. The molecule has 0 bridgehead atoms. The molecule has 4 N–H and O–H groups in total. The van der Waals surface area contributed by atoms with E-state index in [9.17, 15) is 5.11 Å². The van der Waals surface area contributed by atoms with Crippen LogP contribution in [0.1, 0.15) is 24.6 Å². The lowest BCUT2D eigenvalue weighted by atomic mass is 10.1. The van der Waals surface area contributed by atoms with Crippen molar-refractivity contribution in [2.45, 2.75) is 25.1 Å². The van der Waals surface area contributed by atoms with Crippen molar-refractivity contribution in [3.05, 3.63) is 66.5 Å². The molecule has 1 saturated heterocycles. The lowest BCUT2D eigenvalue weighted by molar-refractivity contribution is 0.0491. The smallest absolute Gasteiger partial charge is 0.161 e. The van der Waals surface area contributed by atoms with E-state index in [2.05, 4.69) is 30.8 Å². The van der Waals surface area contributed by atoms with Crippen molar-refractivity contribution in [3.8, 4) is 11.4 Å². The molecule has 0 radical (unpaired) electrons. The third-order valence-electron chi connectivity index (χ3n) is 5.44. The van der Waals surface area contributed by atoms with Gasteiger partial charge in [-0.2, -0.15) is 5.10 Å². The van der Waals surface area contributed by atoms with Gasteiger partial charge in [0.2, 0.25) is 0 Å². The third-order valence-corrected chi connectivity index (χ3v) is 5.44. The molecule has 8 heteroatoms. The highest BCUT2D eigenvalue weighted by Gasteiger charge is 2.18. The molecular formula is C23H24N6O2. The summed E-state index contributed by atoms with van der Waals surface area (Å²) in [6.45, 7) is 1.46. The number of ether oxygens (including phenoxy) is 1. The molecule has 5 rings (SSSR count). The fraction of sp³-hybridized carbons (Fsp3) is 0.261. The highest BCUT2D eigenvalue weighted by Crippen LogP contribution is 2.24. The standard InChI is InChI=1S/C23H24N6O2/c30-23(27-18-7-10-31-11-8-18)16-3-1-2-15(12-16)22-24-9-6-21(28-22)26-19-4-5-20-17(13-19)14-25-29-20/h1-6,9,12-14,18,23,27,30H,7-8,10-11H2,(H,25,29)(H,24,26,28). The van der Waals surface area contributed by atoms with Gasteiger partial charge in [0.1, 0.15) is 12.0 Å². The van der Waals surface area contributed by atoms with E-state index in [-0.39, 0.29) is 6.04 Å². The van der Waals surface area contributed by atoms with Crippen molar-refractivity contribution in [3.63, 3.8) is 0 Å². The first-order chi connectivity index (χ1) is 15.2. The summed E-state index contributed by atoms with van der Waals surface area (Å²) in [5, 5.41) is 25.3. The van der Waals surface area contributed by atoms with Crippen LogP contribution in [-0.2, 0) is 4.74 Å². The zero-order valence-corrected chi connectivity index (χ0v) is 17.0. The molecule has 0 spiro atoms. The Morgan fingerprint density at radius 3 is 2.90 bits per heavy atom. The Morgan fingerprint density at radius 2 is 2.00 bits per heavy atom. The molecule has 1 fully saturated rings. The summed E-state index contributed by atoms with van der Waals surface area (Å²) in [6, 6.07) is 15.7. The number of nitrogens with zero attached hydrogens (tertiary/aromatic N) is 3. The van der Waals surface area contributed by atoms with E-state index in [0.717, 1.165) is 53.8 Å². The predicted octanol–water partition coefficient (Wildman–Crippen LogP) is 3.52. The second kappa shape index (κ2) is 8.81. The van der Waals surface area contributed by atoms with Crippen molar-refractivity contribution in [1.29, 1.82) is 0 Å². The largest absolute Gasteiger partial charge is 0.381 e. The van der Waals surface area contributed by atoms with E-state index in [4.69, 9.17) is 4.74 Å². The van der Waals surface area contributed by atoms with Gasteiger partial charge in [0.15, 0.2) is 5.82 Å². The van der Waals surface area contributed by atoms with Gasteiger partial charge in [-0.15, -0.1) is 0 Å². The van der Waals surface area contributed by atoms with E-state index >= 15 is 0 Å².